The molecule has 1 fully saturated rings. The zero-order valence-electron chi connectivity index (χ0n) is 18.2. The summed E-state index contributed by atoms with van der Waals surface area (Å²) in [4.78, 5) is 31.7. The van der Waals surface area contributed by atoms with Gasteiger partial charge in [0, 0.05) is 39.1 Å². The van der Waals surface area contributed by atoms with Gasteiger partial charge in [-0.15, -0.1) is 0 Å². The van der Waals surface area contributed by atoms with Crippen molar-refractivity contribution in [1.82, 2.24) is 14.7 Å². The van der Waals surface area contributed by atoms with Crippen molar-refractivity contribution in [3.8, 4) is 0 Å². The van der Waals surface area contributed by atoms with Crippen LogP contribution in [0.5, 0.6) is 0 Å². The van der Waals surface area contributed by atoms with Crippen LogP contribution in [0.25, 0.3) is 0 Å². The molecule has 160 valence electrons. The summed E-state index contributed by atoms with van der Waals surface area (Å²) in [5.74, 6) is 0.210. The van der Waals surface area contributed by atoms with E-state index in [1.165, 1.54) is 5.56 Å². The van der Waals surface area contributed by atoms with Gasteiger partial charge in [0.25, 0.3) is 0 Å². The molecule has 1 aliphatic rings. The van der Waals surface area contributed by atoms with Crippen LogP contribution >= 0.6 is 0 Å². The molecule has 30 heavy (non-hydrogen) atoms. The van der Waals surface area contributed by atoms with Crippen LogP contribution in [0.15, 0.2) is 60.7 Å². The monoisotopic (exact) mass is 407 g/mol. The molecule has 0 saturated carbocycles. The van der Waals surface area contributed by atoms with Gasteiger partial charge in [0.1, 0.15) is 0 Å². The molecule has 2 amide bonds. The summed E-state index contributed by atoms with van der Waals surface area (Å²) < 4.78 is 0. The normalized spacial score (nSPS) is 16.7. The summed E-state index contributed by atoms with van der Waals surface area (Å²) >= 11 is 0. The Morgan fingerprint density at radius 1 is 0.967 bits per heavy atom. The number of hydrogen-bond acceptors (Lipinski definition) is 3. The molecule has 1 atom stereocenters. The fraction of sp³-hybridized carbons (Fsp3) is 0.440. The number of benzene rings is 2. The second-order valence-electron chi connectivity index (χ2n) is 8.36. The van der Waals surface area contributed by atoms with Gasteiger partial charge in [0.2, 0.25) is 11.8 Å². The average molecular weight is 408 g/mol. The number of likely N-dealkylation sites (tertiary alicyclic amines) is 1. The molecule has 0 N–H and O–H groups in total. The molecule has 2 aromatic carbocycles. The van der Waals surface area contributed by atoms with E-state index in [9.17, 15) is 9.59 Å². The molecule has 0 aliphatic carbocycles. The van der Waals surface area contributed by atoms with Crippen LogP contribution in [0.4, 0.5) is 0 Å². The van der Waals surface area contributed by atoms with Crippen molar-refractivity contribution in [3.63, 3.8) is 0 Å². The van der Waals surface area contributed by atoms with Crippen molar-refractivity contribution in [3.05, 3.63) is 71.8 Å². The van der Waals surface area contributed by atoms with Crippen LogP contribution in [-0.4, -0.2) is 66.8 Å². The van der Waals surface area contributed by atoms with Crippen molar-refractivity contribution in [2.45, 2.75) is 25.8 Å². The second kappa shape index (κ2) is 10.9. The van der Waals surface area contributed by atoms with Gasteiger partial charge in [0.05, 0.1) is 5.92 Å². The molecule has 5 nitrogen and oxygen atoms in total. The van der Waals surface area contributed by atoms with Crippen molar-refractivity contribution >= 4 is 11.8 Å². The molecule has 0 bridgehead atoms. The largest absolute Gasteiger partial charge is 0.341 e. The smallest absolute Gasteiger partial charge is 0.227 e. The van der Waals surface area contributed by atoms with Crippen LogP contribution in [0.2, 0.25) is 0 Å². The highest BCUT2D eigenvalue weighted by atomic mass is 16.2. The third-order valence-electron chi connectivity index (χ3n) is 5.71. The lowest BCUT2D eigenvalue weighted by molar-refractivity contribution is -0.143. The molecule has 1 saturated heterocycles. The SMILES string of the molecule is CN(C)CCN1CC(C(=O)N(CCc2ccccc2)Cc2ccccc2)CCC1=O. The molecule has 1 unspecified atom stereocenters. The van der Waals surface area contributed by atoms with Crippen molar-refractivity contribution < 1.29 is 9.59 Å². The lowest BCUT2D eigenvalue weighted by Crippen LogP contribution is -2.48. The van der Waals surface area contributed by atoms with E-state index in [2.05, 4.69) is 29.2 Å². The van der Waals surface area contributed by atoms with Crippen molar-refractivity contribution in [2.75, 3.05) is 40.3 Å². The molecule has 5 heteroatoms. The minimum atomic E-state index is -0.121. The molecule has 1 aliphatic heterocycles. The topological polar surface area (TPSA) is 43.9 Å². The predicted molar refractivity (Wildman–Crippen MR) is 120 cm³/mol. The minimum absolute atomic E-state index is 0.121. The molecular formula is C25H33N3O2. The lowest BCUT2D eigenvalue weighted by Gasteiger charge is -2.35. The summed E-state index contributed by atoms with van der Waals surface area (Å²) in [6.07, 6.45) is 1.93. The first-order chi connectivity index (χ1) is 14.5. The first kappa shape index (κ1) is 22.0. The van der Waals surface area contributed by atoms with Crippen molar-refractivity contribution in [1.29, 1.82) is 0 Å². The zero-order valence-corrected chi connectivity index (χ0v) is 18.2. The standard InChI is InChI=1S/C25H33N3O2/c1-26(2)17-18-27-20-23(13-14-24(27)29)25(30)28(19-22-11-7-4-8-12-22)16-15-21-9-5-3-6-10-21/h3-12,23H,13-20H2,1-2H3. The molecule has 3 rings (SSSR count). The van der Waals surface area contributed by atoms with Gasteiger partial charge in [-0.05, 0) is 38.1 Å². The maximum Gasteiger partial charge on any atom is 0.227 e. The van der Waals surface area contributed by atoms with Gasteiger partial charge in [-0.3, -0.25) is 9.59 Å². The fourth-order valence-electron chi connectivity index (χ4n) is 3.89. The number of hydrogen-bond donors (Lipinski definition) is 0. The third kappa shape index (κ3) is 6.42. The Labute approximate surface area is 180 Å². The molecule has 0 radical (unpaired) electrons. The Bertz CT molecular complexity index is 808. The molecule has 1 heterocycles. The highest BCUT2D eigenvalue weighted by molar-refractivity contribution is 5.84. The van der Waals surface area contributed by atoms with E-state index in [4.69, 9.17) is 0 Å². The third-order valence-corrected chi connectivity index (χ3v) is 5.71. The van der Waals surface area contributed by atoms with Crippen LogP contribution in [0.3, 0.4) is 0 Å². The van der Waals surface area contributed by atoms with Crippen LogP contribution in [0, 0.1) is 5.92 Å². The Kier molecular flexibility index (Phi) is 8.03. The van der Waals surface area contributed by atoms with E-state index in [1.54, 1.807) is 0 Å². The quantitative estimate of drug-likeness (QED) is 0.642. The summed E-state index contributed by atoms with van der Waals surface area (Å²) in [6.45, 7) is 3.31. The van der Waals surface area contributed by atoms with Crippen LogP contribution in [-0.2, 0) is 22.6 Å². The van der Waals surface area contributed by atoms with Gasteiger partial charge >= 0.3 is 0 Å². The second-order valence-corrected chi connectivity index (χ2v) is 8.36. The van der Waals surface area contributed by atoms with Gasteiger partial charge in [0.15, 0.2) is 0 Å². The maximum atomic E-state index is 13.5. The van der Waals surface area contributed by atoms with E-state index in [0.717, 1.165) is 18.5 Å². The van der Waals surface area contributed by atoms with Crippen LogP contribution in [0.1, 0.15) is 24.0 Å². The Morgan fingerprint density at radius 3 is 2.23 bits per heavy atom. The fourth-order valence-corrected chi connectivity index (χ4v) is 3.89. The summed E-state index contributed by atoms with van der Waals surface area (Å²) in [6, 6.07) is 20.4. The molecular weight excluding hydrogens is 374 g/mol. The maximum absolute atomic E-state index is 13.5. The summed E-state index contributed by atoms with van der Waals surface area (Å²) in [5, 5.41) is 0. The van der Waals surface area contributed by atoms with Gasteiger partial charge in [-0.1, -0.05) is 60.7 Å². The Morgan fingerprint density at radius 2 is 1.60 bits per heavy atom. The molecule has 2 aromatic rings. The lowest BCUT2D eigenvalue weighted by atomic mass is 9.95. The van der Waals surface area contributed by atoms with E-state index in [1.807, 2.05) is 60.3 Å². The van der Waals surface area contributed by atoms with E-state index in [0.29, 0.717) is 39.0 Å². The number of nitrogens with zero attached hydrogens (tertiary/aromatic N) is 3. The van der Waals surface area contributed by atoms with Gasteiger partial charge in [-0.25, -0.2) is 0 Å². The summed E-state index contributed by atoms with van der Waals surface area (Å²) in [7, 11) is 4.00. The number of carbonyl (C=O) groups is 2. The highest BCUT2D eigenvalue weighted by Crippen LogP contribution is 2.21. The van der Waals surface area contributed by atoms with E-state index < -0.39 is 0 Å². The number of carbonyl (C=O) groups excluding carboxylic acids is 2. The number of piperidine rings is 1. The summed E-state index contributed by atoms with van der Waals surface area (Å²) in [5.41, 5.74) is 2.37. The van der Waals surface area contributed by atoms with Crippen LogP contribution < -0.4 is 0 Å². The Balaban J connectivity index is 1.69. The number of likely N-dealkylation sites (N-methyl/N-ethyl adjacent to an activating group) is 1. The van der Waals surface area contributed by atoms with Gasteiger partial charge < -0.3 is 14.7 Å². The number of rotatable bonds is 9. The highest BCUT2D eigenvalue weighted by Gasteiger charge is 2.32. The predicted octanol–water partition coefficient (Wildman–Crippen LogP) is 3.06. The first-order valence-corrected chi connectivity index (χ1v) is 10.8. The van der Waals surface area contributed by atoms with E-state index >= 15 is 0 Å². The Hall–Kier alpha value is -2.66. The molecule has 0 spiro atoms. The van der Waals surface area contributed by atoms with Gasteiger partial charge in [-0.2, -0.15) is 0 Å². The number of amides is 2. The van der Waals surface area contributed by atoms with Crippen molar-refractivity contribution in [2.24, 2.45) is 5.92 Å². The zero-order chi connectivity index (χ0) is 21.3. The average Bonchev–Trinajstić information content (AvgIpc) is 2.77. The minimum Gasteiger partial charge on any atom is -0.341 e. The molecule has 0 aromatic heterocycles. The van der Waals surface area contributed by atoms with E-state index in [-0.39, 0.29) is 17.7 Å². The first-order valence-electron chi connectivity index (χ1n) is 10.8.